The molecule has 1 N–H and O–H groups in total. The lowest BCUT2D eigenvalue weighted by Crippen LogP contribution is -2.32. The van der Waals surface area contributed by atoms with Gasteiger partial charge in [0.05, 0.1) is 0 Å². The van der Waals surface area contributed by atoms with Gasteiger partial charge < -0.3 is 9.84 Å². The van der Waals surface area contributed by atoms with Gasteiger partial charge in [0.2, 0.25) is 11.6 Å². The van der Waals surface area contributed by atoms with Crippen LogP contribution in [0.1, 0.15) is 71.1 Å². The van der Waals surface area contributed by atoms with Crippen LogP contribution in [0.2, 0.25) is 0 Å². The monoisotopic (exact) mass is 312 g/mol. The van der Waals surface area contributed by atoms with Crippen LogP contribution in [0.15, 0.2) is 0 Å². The molecule has 1 fully saturated rings. The van der Waals surface area contributed by atoms with Crippen LogP contribution in [0.4, 0.5) is 0 Å². The second kappa shape index (κ2) is 10.6. The summed E-state index contributed by atoms with van der Waals surface area (Å²) in [7, 11) is 0. The lowest BCUT2D eigenvalue weighted by molar-refractivity contribution is -0.142. The average molecular weight is 312 g/mol. The molecule has 0 aromatic heterocycles. The molecule has 5 heteroatoms. The third-order valence-corrected chi connectivity index (χ3v) is 4.06. The quantitative estimate of drug-likeness (QED) is 0.442. The number of hydrogen-bond donors (Lipinski definition) is 1. The first-order valence-corrected chi connectivity index (χ1v) is 8.51. The van der Waals surface area contributed by atoms with Gasteiger partial charge in [-0.1, -0.05) is 64.7 Å². The minimum atomic E-state index is -1.61. The standard InChI is InChI=1S/C17H28O5/c1-2-3-4-5-6-7-8-9-10-11-12-22-17-15(20)13(18)14(19)16(17)21/h15,17,20H,2-12H2,1H3. The van der Waals surface area contributed by atoms with E-state index in [1.807, 2.05) is 0 Å². The van der Waals surface area contributed by atoms with Crippen LogP contribution in [-0.4, -0.2) is 41.3 Å². The first kappa shape index (κ1) is 19.0. The number of Topliss-reactive ketones (excluding diaryl/α,β-unsaturated/α-hetero) is 3. The van der Waals surface area contributed by atoms with Crippen LogP contribution in [-0.2, 0) is 19.1 Å². The first-order valence-electron chi connectivity index (χ1n) is 8.51. The Bertz CT molecular complexity index is 377. The smallest absolute Gasteiger partial charge is 0.269 e. The van der Waals surface area contributed by atoms with E-state index in [1.165, 1.54) is 44.9 Å². The molecule has 5 nitrogen and oxygen atoms in total. The van der Waals surface area contributed by atoms with Crippen molar-refractivity contribution in [1.29, 1.82) is 0 Å². The lowest BCUT2D eigenvalue weighted by atomic mass is 10.1. The van der Waals surface area contributed by atoms with Gasteiger partial charge in [0, 0.05) is 6.61 Å². The van der Waals surface area contributed by atoms with Crippen LogP contribution in [0.3, 0.4) is 0 Å². The van der Waals surface area contributed by atoms with Crippen LogP contribution < -0.4 is 0 Å². The molecule has 0 aliphatic heterocycles. The maximum Gasteiger partial charge on any atom is 0.269 e. The van der Waals surface area contributed by atoms with E-state index in [0.29, 0.717) is 6.61 Å². The second-order valence-electron chi connectivity index (χ2n) is 5.98. The van der Waals surface area contributed by atoms with Crippen molar-refractivity contribution in [2.75, 3.05) is 6.61 Å². The zero-order valence-corrected chi connectivity index (χ0v) is 13.5. The van der Waals surface area contributed by atoms with E-state index < -0.39 is 29.6 Å². The van der Waals surface area contributed by atoms with Gasteiger partial charge in [0.25, 0.3) is 5.78 Å². The Morgan fingerprint density at radius 1 is 0.818 bits per heavy atom. The van der Waals surface area contributed by atoms with Crippen molar-refractivity contribution < 1.29 is 24.2 Å². The molecular formula is C17H28O5. The van der Waals surface area contributed by atoms with E-state index in [0.717, 1.165) is 19.3 Å². The van der Waals surface area contributed by atoms with Crippen LogP contribution in [0, 0.1) is 0 Å². The molecule has 1 aliphatic carbocycles. The molecule has 0 spiro atoms. The second-order valence-corrected chi connectivity index (χ2v) is 5.98. The minimum Gasteiger partial charge on any atom is -0.382 e. The van der Waals surface area contributed by atoms with Crippen LogP contribution in [0.25, 0.3) is 0 Å². The van der Waals surface area contributed by atoms with E-state index in [4.69, 9.17) is 4.74 Å². The maximum absolute atomic E-state index is 11.4. The maximum atomic E-state index is 11.4. The molecule has 0 bridgehead atoms. The summed E-state index contributed by atoms with van der Waals surface area (Å²) in [5, 5.41) is 9.44. The molecule has 0 radical (unpaired) electrons. The van der Waals surface area contributed by atoms with Crippen molar-refractivity contribution in [1.82, 2.24) is 0 Å². The van der Waals surface area contributed by atoms with Gasteiger partial charge in [-0.05, 0) is 6.42 Å². The largest absolute Gasteiger partial charge is 0.382 e. The number of aliphatic hydroxyl groups is 1. The molecule has 0 heterocycles. The summed E-state index contributed by atoms with van der Waals surface area (Å²) >= 11 is 0. The van der Waals surface area contributed by atoms with Gasteiger partial charge in [-0.25, -0.2) is 0 Å². The summed E-state index contributed by atoms with van der Waals surface area (Å²) in [6, 6.07) is 0. The molecule has 0 saturated heterocycles. The lowest BCUT2D eigenvalue weighted by Gasteiger charge is -2.12. The fraction of sp³-hybridized carbons (Fsp3) is 0.824. The van der Waals surface area contributed by atoms with Crippen molar-refractivity contribution in [3.05, 3.63) is 0 Å². The zero-order chi connectivity index (χ0) is 16.4. The zero-order valence-electron chi connectivity index (χ0n) is 13.5. The predicted molar refractivity (Wildman–Crippen MR) is 82.6 cm³/mol. The Morgan fingerprint density at radius 3 is 1.77 bits per heavy atom. The number of carbonyl (C=O) groups is 3. The number of aliphatic hydroxyl groups excluding tert-OH is 1. The summed E-state index contributed by atoms with van der Waals surface area (Å²) in [6.45, 7) is 2.51. The number of hydrogen-bond acceptors (Lipinski definition) is 5. The highest BCUT2D eigenvalue weighted by Gasteiger charge is 2.48. The molecule has 126 valence electrons. The number of rotatable bonds is 12. The molecule has 2 unspecified atom stereocenters. The summed E-state index contributed by atoms with van der Waals surface area (Å²) in [5.74, 6) is -3.09. The molecule has 22 heavy (non-hydrogen) atoms. The third-order valence-electron chi connectivity index (χ3n) is 4.06. The molecule has 1 saturated carbocycles. The van der Waals surface area contributed by atoms with E-state index in [-0.39, 0.29) is 0 Å². The van der Waals surface area contributed by atoms with Gasteiger partial charge >= 0.3 is 0 Å². The van der Waals surface area contributed by atoms with E-state index in [2.05, 4.69) is 6.92 Å². The highest BCUT2D eigenvalue weighted by atomic mass is 16.5. The molecule has 2 atom stereocenters. The van der Waals surface area contributed by atoms with Gasteiger partial charge in [0.1, 0.15) is 0 Å². The van der Waals surface area contributed by atoms with E-state index in [9.17, 15) is 19.5 Å². The van der Waals surface area contributed by atoms with E-state index in [1.54, 1.807) is 0 Å². The summed E-state index contributed by atoms with van der Waals surface area (Å²) in [5.41, 5.74) is 0. The Hall–Kier alpha value is -1.07. The van der Waals surface area contributed by atoms with Crippen molar-refractivity contribution in [2.45, 2.75) is 83.3 Å². The van der Waals surface area contributed by atoms with Gasteiger partial charge in [0.15, 0.2) is 12.2 Å². The number of carbonyl (C=O) groups excluding carboxylic acids is 3. The topological polar surface area (TPSA) is 80.7 Å². The highest BCUT2D eigenvalue weighted by molar-refractivity contribution is 6.69. The fourth-order valence-corrected chi connectivity index (χ4v) is 2.63. The molecule has 1 aliphatic rings. The highest BCUT2D eigenvalue weighted by Crippen LogP contribution is 2.15. The van der Waals surface area contributed by atoms with Crippen LogP contribution in [0.5, 0.6) is 0 Å². The van der Waals surface area contributed by atoms with Crippen molar-refractivity contribution in [3.63, 3.8) is 0 Å². The summed E-state index contributed by atoms with van der Waals surface area (Å²) in [6.07, 6.45) is 9.01. The number of ether oxygens (including phenoxy) is 1. The Kier molecular flexibility index (Phi) is 9.16. The first-order chi connectivity index (χ1) is 10.6. The van der Waals surface area contributed by atoms with Gasteiger partial charge in [-0.2, -0.15) is 0 Å². The Morgan fingerprint density at radius 2 is 1.32 bits per heavy atom. The predicted octanol–water partition coefficient (Wildman–Crippen LogP) is 2.37. The van der Waals surface area contributed by atoms with Crippen molar-refractivity contribution in [2.24, 2.45) is 0 Å². The van der Waals surface area contributed by atoms with Crippen molar-refractivity contribution in [3.8, 4) is 0 Å². The SMILES string of the molecule is CCCCCCCCCCCCOC1C(=O)C(=O)C(=O)C1O. The number of ketones is 3. The van der Waals surface area contributed by atoms with Crippen molar-refractivity contribution >= 4 is 17.3 Å². The molecule has 0 aromatic carbocycles. The Balaban J connectivity index is 1.97. The third kappa shape index (κ3) is 5.97. The average Bonchev–Trinajstić information content (AvgIpc) is 2.70. The fourth-order valence-electron chi connectivity index (χ4n) is 2.63. The van der Waals surface area contributed by atoms with Crippen LogP contribution >= 0.6 is 0 Å². The molecule has 1 rings (SSSR count). The normalized spacial score (nSPS) is 21.8. The summed E-state index contributed by atoms with van der Waals surface area (Å²) < 4.78 is 5.20. The Labute approximate surface area is 132 Å². The summed E-state index contributed by atoms with van der Waals surface area (Å²) in [4.78, 5) is 33.6. The molecular weight excluding hydrogens is 284 g/mol. The van der Waals surface area contributed by atoms with Gasteiger partial charge in [-0.15, -0.1) is 0 Å². The molecule has 0 aromatic rings. The number of unbranched alkanes of at least 4 members (excludes halogenated alkanes) is 9. The van der Waals surface area contributed by atoms with Gasteiger partial charge in [-0.3, -0.25) is 14.4 Å². The minimum absolute atomic E-state index is 0.296. The molecule has 0 amide bonds. The van der Waals surface area contributed by atoms with E-state index >= 15 is 0 Å².